The van der Waals surface area contributed by atoms with Gasteiger partial charge in [-0.05, 0) is 32.6 Å². The number of hydrogen-bond acceptors (Lipinski definition) is 8. The van der Waals surface area contributed by atoms with Crippen LogP contribution in [0.25, 0.3) is 0 Å². The van der Waals surface area contributed by atoms with E-state index in [1.54, 1.807) is 13.3 Å². The molecule has 3 heterocycles. The van der Waals surface area contributed by atoms with Crippen LogP contribution in [0.5, 0.6) is 5.19 Å². The molecule has 2 aliphatic rings. The van der Waals surface area contributed by atoms with Crippen molar-refractivity contribution in [3.8, 4) is 5.19 Å². The summed E-state index contributed by atoms with van der Waals surface area (Å²) in [6.07, 6.45) is 4.49. The Morgan fingerprint density at radius 2 is 2.29 bits per heavy atom. The molecule has 1 saturated heterocycles. The van der Waals surface area contributed by atoms with Gasteiger partial charge in [-0.2, -0.15) is 5.10 Å². The highest BCUT2D eigenvalue weighted by molar-refractivity contribution is 7.13. The van der Waals surface area contributed by atoms with Gasteiger partial charge in [0.25, 0.3) is 5.19 Å². The van der Waals surface area contributed by atoms with Crippen LogP contribution in [0.1, 0.15) is 49.1 Å². The van der Waals surface area contributed by atoms with Crippen molar-refractivity contribution in [2.75, 3.05) is 25.6 Å². The van der Waals surface area contributed by atoms with E-state index in [4.69, 9.17) is 14.2 Å². The van der Waals surface area contributed by atoms with E-state index in [1.807, 2.05) is 13.0 Å². The summed E-state index contributed by atoms with van der Waals surface area (Å²) in [7, 11) is 1.55. The Bertz CT molecular complexity index is 923. The summed E-state index contributed by atoms with van der Waals surface area (Å²) in [5.74, 6) is 0.512. The molecule has 2 aromatic rings. The molecule has 11 heteroatoms. The lowest BCUT2D eigenvalue weighted by molar-refractivity contribution is -0.115. The molecule has 0 spiro atoms. The average Bonchev–Trinajstić information content (AvgIpc) is 3.49. The van der Waals surface area contributed by atoms with Gasteiger partial charge < -0.3 is 24.8 Å². The molecule has 31 heavy (non-hydrogen) atoms. The van der Waals surface area contributed by atoms with Crippen LogP contribution in [0.3, 0.4) is 0 Å². The molecule has 1 unspecified atom stereocenters. The molecule has 1 aliphatic carbocycles. The monoisotopic (exact) mass is 449 g/mol. The Balaban J connectivity index is 1.24. The third-order valence-corrected chi connectivity index (χ3v) is 6.59. The minimum absolute atomic E-state index is 0.140. The zero-order valence-corrected chi connectivity index (χ0v) is 18.4. The van der Waals surface area contributed by atoms with Crippen molar-refractivity contribution >= 4 is 29.2 Å². The summed E-state index contributed by atoms with van der Waals surface area (Å²) in [4.78, 5) is 29.4. The molecular formula is C20H27N5O5S. The van der Waals surface area contributed by atoms with Gasteiger partial charge in [0.2, 0.25) is 5.91 Å². The first kappa shape index (κ1) is 21.6. The lowest BCUT2D eigenvalue weighted by Crippen LogP contribution is -2.47. The Morgan fingerprint density at radius 1 is 1.42 bits per heavy atom. The maximum absolute atomic E-state index is 12.3. The van der Waals surface area contributed by atoms with E-state index in [9.17, 15) is 9.59 Å². The fourth-order valence-electron chi connectivity index (χ4n) is 3.94. The van der Waals surface area contributed by atoms with Crippen LogP contribution in [-0.4, -0.2) is 59.1 Å². The number of rotatable bonds is 7. The summed E-state index contributed by atoms with van der Waals surface area (Å²) < 4.78 is 16.0. The molecule has 3 atom stereocenters. The number of aromatic amines is 1. The van der Waals surface area contributed by atoms with Gasteiger partial charge >= 0.3 is 6.09 Å². The maximum atomic E-state index is 12.3. The lowest BCUT2D eigenvalue weighted by atomic mass is 10.0. The van der Waals surface area contributed by atoms with Crippen molar-refractivity contribution < 1.29 is 23.8 Å². The third-order valence-electron chi connectivity index (χ3n) is 5.63. The lowest BCUT2D eigenvalue weighted by Gasteiger charge is -2.24. The Labute approximate surface area is 184 Å². The molecule has 2 fully saturated rings. The second-order valence-corrected chi connectivity index (χ2v) is 9.33. The van der Waals surface area contributed by atoms with Gasteiger partial charge in [-0.15, -0.1) is 0 Å². The van der Waals surface area contributed by atoms with E-state index >= 15 is 0 Å². The standard InChI is InChI=1S/C20H27N5O5S/c1-20(5-6-29-11-20)23-18(27)30-13-4-3-12(7-13)15-9-16(25-24-15)22-17(26)8-14-10-21-19(28-2)31-14/h9-10,12-13H,3-8,11H2,1-2H3,(H,23,27)(H2,22,24,25,26)/t12-,13+,20?/m0/s1. The number of methoxy groups -OCH3 is 1. The quantitative estimate of drug-likeness (QED) is 0.593. The first-order valence-corrected chi connectivity index (χ1v) is 11.1. The zero-order valence-electron chi connectivity index (χ0n) is 17.6. The molecule has 1 saturated carbocycles. The number of carbonyl (C=O) groups excluding carboxylic acids is 2. The number of ether oxygens (including phenoxy) is 3. The van der Waals surface area contributed by atoms with Crippen LogP contribution >= 0.6 is 11.3 Å². The molecule has 10 nitrogen and oxygen atoms in total. The molecule has 2 amide bonds. The van der Waals surface area contributed by atoms with Crippen LogP contribution in [0, 0.1) is 0 Å². The summed E-state index contributed by atoms with van der Waals surface area (Å²) >= 11 is 1.34. The molecule has 2 aromatic heterocycles. The van der Waals surface area contributed by atoms with Crippen LogP contribution in [0.15, 0.2) is 12.3 Å². The van der Waals surface area contributed by atoms with Crippen molar-refractivity contribution in [3.05, 3.63) is 22.8 Å². The number of amides is 2. The number of aromatic nitrogens is 3. The van der Waals surface area contributed by atoms with Gasteiger partial charge in [0.1, 0.15) is 6.10 Å². The maximum Gasteiger partial charge on any atom is 0.407 e. The van der Waals surface area contributed by atoms with Gasteiger partial charge in [-0.3, -0.25) is 9.89 Å². The van der Waals surface area contributed by atoms with Crippen molar-refractivity contribution in [2.24, 2.45) is 0 Å². The average molecular weight is 450 g/mol. The molecular weight excluding hydrogens is 422 g/mol. The Kier molecular flexibility index (Phi) is 6.42. The molecule has 168 valence electrons. The van der Waals surface area contributed by atoms with Gasteiger partial charge in [0.05, 0.1) is 25.7 Å². The number of nitrogens with zero attached hydrogens (tertiary/aromatic N) is 2. The largest absolute Gasteiger partial charge is 0.473 e. The molecule has 3 N–H and O–H groups in total. The molecule has 0 aromatic carbocycles. The number of hydrogen-bond donors (Lipinski definition) is 3. The molecule has 4 rings (SSSR count). The predicted octanol–water partition coefficient (Wildman–Crippen LogP) is 2.60. The first-order valence-electron chi connectivity index (χ1n) is 10.3. The molecule has 0 radical (unpaired) electrons. The minimum atomic E-state index is -0.393. The second kappa shape index (κ2) is 9.23. The summed E-state index contributed by atoms with van der Waals surface area (Å²) in [6.45, 7) is 3.12. The van der Waals surface area contributed by atoms with E-state index in [-0.39, 0.29) is 29.9 Å². The van der Waals surface area contributed by atoms with Crippen molar-refractivity contribution in [1.82, 2.24) is 20.5 Å². The van der Waals surface area contributed by atoms with E-state index in [0.29, 0.717) is 24.2 Å². The highest BCUT2D eigenvalue weighted by atomic mass is 32.1. The van der Waals surface area contributed by atoms with Crippen LogP contribution in [0.4, 0.5) is 10.6 Å². The Morgan fingerprint density at radius 3 is 3.03 bits per heavy atom. The fourth-order valence-corrected chi connectivity index (χ4v) is 4.66. The van der Waals surface area contributed by atoms with Gasteiger partial charge in [0, 0.05) is 35.4 Å². The van der Waals surface area contributed by atoms with Gasteiger partial charge in [0.15, 0.2) is 5.82 Å². The van der Waals surface area contributed by atoms with Crippen molar-refractivity contribution in [1.29, 1.82) is 0 Å². The van der Waals surface area contributed by atoms with Crippen LogP contribution in [-0.2, 0) is 20.7 Å². The SMILES string of the molecule is COc1ncc(CC(=O)Nc2cc([C@H]3CC[C@@H](OC(=O)NC4(C)CCOC4)C3)[nH]n2)s1. The highest BCUT2D eigenvalue weighted by Crippen LogP contribution is 2.36. The number of carbonyl (C=O) groups is 2. The smallest absolute Gasteiger partial charge is 0.407 e. The number of nitrogens with one attached hydrogen (secondary N) is 3. The van der Waals surface area contributed by atoms with Gasteiger partial charge in [-0.1, -0.05) is 11.3 Å². The van der Waals surface area contributed by atoms with Gasteiger partial charge in [-0.25, -0.2) is 9.78 Å². The fraction of sp³-hybridized carbons (Fsp3) is 0.600. The topological polar surface area (TPSA) is 127 Å². The highest BCUT2D eigenvalue weighted by Gasteiger charge is 2.34. The number of anilines is 1. The first-order chi connectivity index (χ1) is 14.9. The van der Waals surface area contributed by atoms with Crippen LogP contribution < -0.4 is 15.4 Å². The van der Waals surface area contributed by atoms with E-state index in [2.05, 4.69) is 25.8 Å². The van der Waals surface area contributed by atoms with E-state index < -0.39 is 6.09 Å². The predicted molar refractivity (Wildman–Crippen MR) is 113 cm³/mol. The van der Waals surface area contributed by atoms with E-state index in [0.717, 1.165) is 36.3 Å². The number of alkyl carbamates (subject to hydrolysis) is 1. The molecule has 1 aliphatic heterocycles. The summed E-state index contributed by atoms with van der Waals surface area (Å²) in [5.41, 5.74) is 0.577. The third kappa shape index (κ3) is 5.53. The van der Waals surface area contributed by atoms with E-state index in [1.165, 1.54) is 11.3 Å². The molecule has 0 bridgehead atoms. The van der Waals surface area contributed by atoms with Crippen molar-refractivity contribution in [3.63, 3.8) is 0 Å². The summed E-state index contributed by atoms with van der Waals surface area (Å²) in [6, 6.07) is 1.84. The number of H-pyrrole nitrogens is 1. The normalized spacial score (nSPS) is 25.4. The number of thiazole rings is 1. The van der Waals surface area contributed by atoms with Crippen LogP contribution in [0.2, 0.25) is 0 Å². The van der Waals surface area contributed by atoms with Crippen molar-refractivity contribution in [2.45, 2.75) is 56.6 Å². The Hall–Kier alpha value is -2.66. The second-order valence-electron chi connectivity index (χ2n) is 8.26. The minimum Gasteiger partial charge on any atom is -0.473 e. The zero-order chi connectivity index (χ0) is 21.8. The summed E-state index contributed by atoms with van der Waals surface area (Å²) in [5, 5.41) is 13.5.